The Balaban J connectivity index is 3.87. The normalized spacial score (nSPS) is 17.5. The standard InChI is InChI=1S/C6H7F5/c1-2-4(7)3-5(8)6(9,10)11/h2,4-5H,1,3H2. The molecule has 0 saturated heterocycles. The van der Waals surface area contributed by atoms with Crippen molar-refractivity contribution >= 4 is 0 Å². The predicted octanol–water partition coefficient (Wildman–Crippen LogP) is 2.80. The van der Waals surface area contributed by atoms with Crippen LogP contribution < -0.4 is 0 Å². The molecule has 0 heterocycles. The number of hydrogen-bond acceptors (Lipinski definition) is 0. The van der Waals surface area contributed by atoms with Gasteiger partial charge in [-0.1, -0.05) is 6.08 Å². The molecule has 0 aromatic carbocycles. The van der Waals surface area contributed by atoms with E-state index in [1.54, 1.807) is 0 Å². The van der Waals surface area contributed by atoms with Gasteiger partial charge in [-0.15, -0.1) is 6.58 Å². The van der Waals surface area contributed by atoms with Crippen LogP contribution in [0.4, 0.5) is 22.0 Å². The summed E-state index contributed by atoms with van der Waals surface area (Å²) in [5, 5.41) is 0. The first-order valence-corrected chi connectivity index (χ1v) is 2.85. The minimum atomic E-state index is -4.96. The summed E-state index contributed by atoms with van der Waals surface area (Å²) in [6.45, 7) is 2.89. The molecule has 0 aliphatic rings. The van der Waals surface area contributed by atoms with Crippen LogP contribution in [0, 0.1) is 0 Å². The van der Waals surface area contributed by atoms with E-state index in [1.165, 1.54) is 0 Å². The molecule has 0 saturated carbocycles. The zero-order valence-electron chi connectivity index (χ0n) is 5.54. The Hall–Kier alpha value is -0.610. The molecule has 5 heteroatoms. The van der Waals surface area contributed by atoms with Gasteiger partial charge in [-0.2, -0.15) is 13.2 Å². The molecule has 0 aromatic heterocycles. The van der Waals surface area contributed by atoms with Crippen molar-refractivity contribution in [2.75, 3.05) is 0 Å². The molecular weight excluding hydrogens is 167 g/mol. The Labute approximate surface area is 60.7 Å². The third-order valence-corrected chi connectivity index (χ3v) is 1.04. The largest absolute Gasteiger partial charge is 0.419 e. The van der Waals surface area contributed by atoms with Crippen molar-refractivity contribution in [2.45, 2.75) is 24.9 Å². The van der Waals surface area contributed by atoms with E-state index in [9.17, 15) is 22.0 Å². The van der Waals surface area contributed by atoms with Crippen molar-refractivity contribution in [1.29, 1.82) is 0 Å². The van der Waals surface area contributed by atoms with Gasteiger partial charge in [-0.25, -0.2) is 8.78 Å². The molecule has 0 fully saturated rings. The Morgan fingerprint density at radius 2 is 1.73 bits per heavy atom. The third kappa shape index (κ3) is 3.95. The van der Waals surface area contributed by atoms with Crippen LogP contribution in [0.25, 0.3) is 0 Å². The fraction of sp³-hybridized carbons (Fsp3) is 0.667. The highest BCUT2D eigenvalue weighted by Gasteiger charge is 2.40. The second kappa shape index (κ2) is 3.69. The highest BCUT2D eigenvalue weighted by Crippen LogP contribution is 2.26. The summed E-state index contributed by atoms with van der Waals surface area (Å²) in [6.07, 6.45) is -10.6. The molecule has 0 bridgehead atoms. The summed E-state index contributed by atoms with van der Waals surface area (Å²) in [7, 11) is 0. The van der Waals surface area contributed by atoms with Gasteiger partial charge in [0.15, 0.2) is 6.17 Å². The van der Waals surface area contributed by atoms with Crippen molar-refractivity contribution in [3.63, 3.8) is 0 Å². The van der Waals surface area contributed by atoms with Crippen LogP contribution in [0.2, 0.25) is 0 Å². The first-order valence-electron chi connectivity index (χ1n) is 2.85. The SMILES string of the molecule is C=CC(F)CC(F)C(F)(F)F. The van der Waals surface area contributed by atoms with E-state index in [0.717, 1.165) is 0 Å². The zero-order valence-corrected chi connectivity index (χ0v) is 5.54. The fourth-order valence-corrected chi connectivity index (χ4v) is 0.428. The number of alkyl halides is 5. The highest BCUT2D eigenvalue weighted by molar-refractivity contribution is 4.82. The van der Waals surface area contributed by atoms with Crippen LogP contribution in [0.5, 0.6) is 0 Å². The average Bonchev–Trinajstić information content (AvgIpc) is 1.85. The summed E-state index contributed by atoms with van der Waals surface area (Å²) in [4.78, 5) is 0. The second-order valence-corrected chi connectivity index (χ2v) is 2.00. The molecule has 0 aliphatic heterocycles. The second-order valence-electron chi connectivity index (χ2n) is 2.00. The van der Waals surface area contributed by atoms with Gasteiger partial charge in [0.05, 0.1) is 0 Å². The minimum absolute atomic E-state index is 0.637. The lowest BCUT2D eigenvalue weighted by molar-refractivity contribution is -0.184. The lowest BCUT2D eigenvalue weighted by Gasteiger charge is -2.12. The van der Waals surface area contributed by atoms with E-state index < -0.39 is 24.9 Å². The molecule has 0 nitrogen and oxygen atoms in total. The Morgan fingerprint density at radius 1 is 1.27 bits per heavy atom. The van der Waals surface area contributed by atoms with E-state index in [4.69, 9.17) is 0 Å². The van der Waals surface area contributed by atoms with E-state index in [1.807, 2.05) is 0 Å². The number of halogens is 5. The van der Waals surface area contributed by atoms with Gasteiger partial charge in [-0.3, -0.25) is 0 Å². The fourth-order valence-electron chi connectivity index (χ4n) is 0.428. The molecule has 0 radical (unpaired) electrons. The first kappa shape index (κ1) is 10.4. The van der Waals surface area contributed by atoms with E-state index in [0.29, 0.717) is 6.08 Å². The Morgan fingerprint density at radius 3 is 2.00 bits per heavy atom. The van der Waals surface area contributed by atoms with Crippen LogP contribution in [0.15, 0.2) is 12.7 Å². The molecular formula is C6H7F5. The summed E-state index contributed by atoms with van der Waals surface area (Å²) < 4.78 is 58.1. The number of rotatable bonds is 3. The predicted molar refractivity (Wildman–Crippen MR) is 30.7 cm³/mol. The maximum atomic E-state index is 12.1. The van der Waals surface area contributed by atoms with Crippen LogP contribution in [-0.2, 0) is 0 Å². The first-order chi connectivity index (χ1) is 4.88. The monoisotopic (exact) mass is 174 g/mol. The van der Waals surface area contributed by atoms with Crippen LogP contribution in [0.3, 0.4) is 0 Å². The summed E-state index contributed by atoms with van der Waals surface area (Å²) in [5.74, 6) is 0. The molecule has 0 spiro atoms. The third-order valence-electron chi connectivity index (χ3n) is 1.04. The lowest BCUT2D eigenvalue weighted by atomic mass is 10.2. The molecule has 0 aliphatic carbocycles. The minimum Gasteiger partial charge on any atom is -0.243 e. The van der Waals surface area contributed by atoms with Gasteiger partial charge in [0.1, 0.15) is 6.17 Å². The van der Waals surface area contributed by atoms with Crippen molar-refractivity contribution in [2.24, 2.45) is 0 Å². The summed E-state index contributed by atoms with van der Waals surface area (Å²) in [6, 6.07) is 0. The van der Waals surface area contributed by atoms with Crippen LogP contribution >= 0.6 is 0 Å². The van der Waals surface area contributed by atoms with Gasteiger partial charge in [-0.05, 0) is 0 Å². The maximum absolute atomic E-state index is 12.1. The van der Waals surface area contributed by atoms with Crippen LogP contribution in [0.1, 0.15) is 6.42 Å². The smallest absolute Gasteiger partial charge is 0.243 e. The number of hydrogen-bond donors (Lipinski definition) is 0. The molecule has 66 valence electrons. The van der Waals surface area contributed by atoms with Crippen molar-refractivity contribution in [3.05, 3.63) is 12.7 Å². The van der Waals surface area contributed by atoms with E-state index in [2.05, 4.69) is 6.58 Å². The molecule has 0 aromatic rings. The summed E-state index contributed by atoms with van der Waals surface area (Å²) in [5.41, 5.74) is 0. The van der Waals surface area contributed by atoms with Gasteiger partial charge in [0.25, 0.3) is 0 Å². The van der Waals surface area contributed by atoms with E-state index in [-0.39, 0.29) is 0 Å². The molecule has 0 amide bonds. The number of allylic oxidation sites excluding steroid dienone is 1. The highest BCUT2D eigenvalue weighted by atomic mass is 19.4. The van der Waals surface area contributed by atoms with Crippen molar-refractivity contribution < 1.29 is 22.0 Å². The van der Waals surface area contributed by atoms with Crippen molar-refractivity contribution in [1.82, 2.24) is 0 Å². The Kier molecular flexibility index (Phi) is 3.48. The van der Waals surface area contributed by atoms with Gasteiger partial charge in [0, 0.05) is 6.42 Å². The maximum Gasteiger partial charge on any atom is 0.419 e. The zero-order chi connectivity index (χ0) is 9.07. The summed E-state index contributed by atoms with van der Waals surface area (Å²) >= 11 is 0. The van der Waals surface area contributed by atoms with Gasteiger partial charge < -0.3 is 0 Å². The molecule has 2 unspecified atom stereocenters. The molecule has 2 atom stereocenters. The molecule has 11 heavy (non-hydrogen) atoms. The van der Waals surface area contributed by atoms with Crippen molar-refractivity contribution in [3.8, 4) is 0 Å². The van der Waals surface area contributed by atoms with E-state index >= 15 is 0 Å². The quantitative estimate of drug-likeness (QED) is 0.455. The molecule has 0 N–H and O–H groups in total. The van der Waals surface area contributed by atoms with Gasteiger partial charge >= 0.3 is 6.18 Å². The molecule has 0 rings (SSSR count). The lowest BCUT2D eigenvalue weighted by Crippen LogP contribution is -2.26. The Bertz CT molecular complexity index is 127. The van der Waals surface area contributed by atoms with Crippen LogP contribution in [-0.4, -0.2) is 18.5 Å². The topological polar surface area (TPSA) is 0 Å². The van der Waals surface area contributed by atoms with Gasteiger partial charge in [0.2, 0.25) is 0 Å². The average molecular weight is 174 g/mol.